The Morgan fingerprint density at radius 1 is 1.00 bits per heavy atom. The first-order valence-electron chi connectivity index (χ1n) is 8.88. The number of carbonyl (C=O) groups is 5. The van der Waals surface area contributed by atoms with Crippen molar-refractivity contribution in [3.05, 3.63) is 0 Å². The number of carbonyl (C=O) groups excluding carboxylic acids is 3. The molecular weight excluding hydrogens is 390 g/mol. The van der Waals surface area contributed by atoms with Crippen LogP contribution in [-0.4, -0.2) is 84.8 Å². The number of hydrogen-bond donors (Lipinski definition) is 4. The average Bonchev–Trinajstić information content (AvgIpc) is 2.62. The number of hydrogen-bond acceptors (Lipinski definition) is 7. The molecule has 0 aromatic heterocycles. The summed E-state index contributed by atoms with van der Waals surface area (Å²) in [4.78, 5) is 65.4. The molecule has 0 aromatic carbocycles. The zero-order valence-electron chi connectivity index (χ0n) is 15.4. The second-order valence-corrected chi connectivity index (χ2v) is 6.95. The van der Waals surface area contributed by atoms with Crippen molar-refractivity contribution < 1.29 is 44.4 Å². The topological polar surface area (TPSA) is 194 Å². The van der Waals surface area contributed by atoms with Gasteiger partial charge in [0.1, 0.15) is 11.4 Å². The maximum absolute atomic E-state index is 13.1. The normalized spacial score (nSPS) is 31.1. The lowest BCUT2D eigenvalue weighted by Gasteiger charge is -2.52. The van der Waals surface area contributed by atoms with Crippen LogP contribution < -0.4 is 0 Å². The van der Waals surface area contributed by atoms with Gasteiger partial charge in [-0.3, -0.25) is 24.0 Å². The van der Waals surface area contributed by atoms with Crippen molar-refractivity contribution in [2.45, 2.75) is 62.3 Å². The van der Waals surface area contributed by atoms with Crippen molar-refractivity contribution in [1.82, 2.24) is 4.90 Å². The van der Waals surface area contributed by atoms with Crippen molar-refractivity contribution in [3.63, 3.8) is 0 Å². The lowest BCUT2D eigenvalue weighted by molar-refractivity contribution is -0.163. The first kappa shape index (κ1) is 22.3. The van der Waals surface area contributed by atoms with Crippen LogP contribution >= 0.6 is 0 Å². The molecule has 2 atom stereocenters. The monoisotopic (exact) mass is 411 g/mol. The molecule has 1 heterocycles. The van der Waals surface area contributed by atoms with Gasteiger partial charge in [0.15, 0.2) is 11.3 Å². The lowest BCUT2D eigenvalue weighted by Crippen LogP contribution is -2.76. The molecular formula is C17H21N3O9. The van der Waals surface area contributed by atoms with E-state index >= 15 is 0 Å². The van der Waals surface area contributed by atoms with Gasteiger partial charge in [0.05, 0.1) is 12.8 Å². The molecule has 0 bridgehead atoms. The lowest BCUT2D eigenvalue weighted by atomic mass is 9.74. The van der Waals surface area contributed by atoms with Gasteiger partial charge in [0, 0.05) is 6.04 Å². The molecule has 2 aliphatic rings. The third kappa shape index (κ3) is 4.07. The highest BCUT2D eigenvalue weighted by Gasteiger charge is 2.63. The minimum atomic E-state index is -2.96. The summed E-state index contributed by atoms with van der Waals surface area (Å²) < 4.78 is 0. The van der Waals surface area contributed by atoms with Gasteiger partial charge >= 0.3 is 11.9 Å². The predicted octanol–water partition coefficient (Wildman–Crippen LogP) is -1.27. The zero-order valence-corrected chi connectivity index (χ0v) is 15.4. The van der Waals surface area contributed by atoms with E-state index in [9.17, 15) is 44.4 Å². The maximum Gasteiger partial charge on any atom is 0.308 e. The van der Waals surface area contributed by atoms with Gasteiger partial charge in [-0.1, -0.05) is 19.3 Å². The fourth-order valence-electron chi connectivity index (χ4n) is 4.07. The van der Waals surface area contributed by atoms with Gasteiger partial charge in [-0.15, -0.1) is 0 Å². The van der Waals surface area contributed by atoms with E-state index in [0.29, 0.717) is 25.7 Å². The zero-order chi connectivity index (χ0) is 21.8. The Bertz CT molecular complexity index is 787. The Balaban J connectivity index is 2.80. The van der Waals surface area contributed by atoms with Crippen LogP contribution in [0.15, 0.2) is 9.98 Å². The van der Waals surface area contributed by atoms with Gasteiger partial charge in [-0.05, 0) is 12.8 Å². The van der Waals surface area contributed by atoms with Crippen LogP contribution in [0.5, 0.6) is 0 Å². The summed E-state index contributed by atoms with van der Waals surface area (Å²) in [6.07, 6.45) is 0.276. The summed E-state index contributed by atoms with van der Waals surface area (Å²) in [7, 11) is 0. The number of nitrogens with zero attached hydrogens (tertiary/aromatic N) is 3. The first-order valence-corrected chi connectivity index (χ1v) is 8.88. The van der Waals surface area contributed by atoms with E-state index < -0.39 is 59.5 Å². The van der Waals surface area contributed by atoms with Gasteiger partial charge in [0.25, 0.3) is 5.91 Å². The van der Waals surface area contributed by atoms with Gasteiger partial charge < -0.3 is 25.3 Å². The molecule has 0 radical (unpaired) electrons. The maximum atomic E-state index is 13.1. The van der Waals surface area contributed by atoms with Crippen molar-refractivity contribution in [2.24, 2.45) is 9.98 Å². The molecule has 1 saturated carbocycles. The largest absolute Gasteiger partial charge is 0.481 e. The van der Waals surface area contributed by atoms with Crippen LogP contribution in [0.2, 0.25) is 0 Å². The van der Waals surface area contributed by atoms with Gasteiger partial charge in [0.2, 0.25) is 12.8 Å². The third-order valence-electron chi connectivity index (χ3n) is 5.09. The van der Waals surface area contributed by atoms with E-state index in [4.69, 9.17) is 0 Å². The molecule has 29 heavy (non-hydrogen) atoms. The molecule has 0 spiro atoms. The summed E-state index contributed by atoms with van der Waals surface area (Å²) in [6.45, 7) is 0. The second kappa shape index (κ2) is 8.57. The van der Waals surface area contributed by atoms with E-state index in [1.807, 2.05) is 0 Å². The molecule has 2 unspecified atom stereocenters. The molecule has 0 aromatic rings. The van der Waals surface area contributed by atoms with Crippen LogP contribution in [0.1, 0.15) is 44.9 Å². The molecule has 1 aliphatic heterocycles. The third-order valence-corrected chi connectivity index (χ3v) is 5.09. The van der Waals surface area contributed by atoms with Crippen LogP contribution in [-0.2, 0) is 24.0 Å². The van der Waals surface area contributed by atoms with Crippen LogP contribution in [0.3, 0.4) is 0 Å². The average molecular weight is 411 g/mol. The number of aliphatic hydroxyl groups is 2. The molecule has 3 amide bonds. The van der Waals surface area contributed by atoms with Crippen molar-refractivity contribution in [3.8, 4) is 0 Å². The molecule has 1 saturated heterocycles. The Labute approximate surface area is 164 Å². The highest BCUT2D eigenvalue weighted by molar-refractivity contribution is 6.51. The Morgan fingerprint density at radius 2 is 1.55 bits per heavy atom. The molecule has 2 rings (SSSR count). The van der Waals surface area contributed by atoms with Crippen LogP contribution in [0.4, 0.5) is 0 Å². The van der Waals surface area contributed by atoms with E-state index in [0.717, 1.165) is 11.3 Å². The van der Waals surface area contributed by atoms with Crippen molar-refractivity contribution in [2.75, 3.05) is 0 Å². The van der Waals surface area contributed by atoms with Gasteiger partial charge in [-0.25, -0.2) is 9.98 Å². The Kier molecular flexibility index (Phi) is 6.59. The summed E-state index contributed by atoms with van der Waals surface area (Å²) >= 11 is 0. The van der Waals surface area contributed by atoms with Crippen molar-refractivity contribution >= 4 is 42.1 Å². The molecule has 1 aliphatic carbocycles. The number of carboxylic acids is 2. The minimum Gasteiger partial charge on any atom is -0.481 e. The predicted molar refractivity (Wildman–Crippen MR) is 95.1 cm³/mol. The number of aliphatic imine (C=N–C) groups is 2. The number of carboxylic acid groups (broad SMARTS) is 2. The Morgan fingerprint density at radius 3 is 2.03 bits per heavy atom. The number of aliphatic carboxylic acids is 2. The highest BCUT2D eigenvalue weighted by atomic mass is 16.4. The summed E-state index contributed by atoms with van der Waals surface area (Å²) in [5, 5.41) is 40.8. The molecule has 2 fully saturated rings. The fourth-order valence-corrected chi connectivity index (χ4v) is 4.07. The number of amides is 3. The SMILES string of the molecule is O=CN=C1C(=O)N(C2CCCCC2)C(O)(CC(=O)O)C(=NC=O)C1(O)CC(=O)O. The van der Waals surface area contributed by atoms with E-state index in [1.165, 1.54) is 0 Å². The second-order valence-electron chi connectivity index (χ2n) is 6.95. The number of rotatable bonds is 7. The Hall–Kier alpha value is -2.99. The van der Waals surface area contributed by atoms with E-state index in [-0.39, 0.29) is 12.8 Å². The minimum absolute atomic E-state index is 0.0980. The molecule has 4 N–H and O–H groups in total. The molecule has 158 valence electrons. The van der Waals surface area contributed by atoms with Crippen LogP contribution in [0.25, 0.3) is 0 Å². The van der Waals surface area contributed by atoms with Crippen LogP contribution in [0, 0.1) is 0 Å². The first-order chi connectivity index (χ1) is 13.6. The number of likely N-dealkylation sites (tertiary alicyclic amines) is 1. The van der Waals surface area contributed by atoms with Crippen molar-refractivity contribution in [1.29, 1.82) is 0 Å². The van der Waals surface area contributed by atoms with Gasteiger partial charge in [-0.2, -0.15) is 0 Å². The number of piperidine rings is 1. The fraction of sp³-hybridized carbons (Fsp3) is 0.588. The quantitative estimate of drug-likeness (QED) is 0.369. The smallest absolute Gasteiger partial charge is 0.308 e. The highest BCUT2D eigenvalue weighted by Crippen LogP contribution is 2.39. The summed E-state index contributed by atoms with van der Waals surface area (Å²) in [5.41, 5.74) is -7.68. The molecule has 12 heteroatoms. The molecule has 12 nitrogen and oxygen atoms in total. The van der Waals surface area contributed by atoms with E-state index in [2.05, 4.69) is 9.98 Å². The van der Waals surface area contributed by atoms with E-state index in [1.54, 1.807) is 0 Å². The summed E-state index contributed by atoms with van der Waals surface area (Å²) in [6, 6.07) is -0.691. The summed E-state index contributed by atoms with van der Waals surface area (Å²) in [5.74, 6) is -4.45. The standard InChI is InChI=1S/C17H21N3O9/c21-8-18-13-14(27)20(10-4-2-1-3-5-10)17(29,7-12(25)26)15(19-9-22)16(13,28)6-11(23)24/h8-10,28-29H,1-7H2,(H,23,24)(H,25,26).